The standard InChI is InChI=1S/C12H13N3/c1-2-6-12(8-14,9-15)11(5-7-13)10-3-4-10/h2,10-11H,1,3-6H2. The highest BCUT2D eigenvalue weighted by molar-refractivity contribution is 5.21. The van der Waals surface area contributed by atoms with Gasteiger partial charge in [0.25, 0.3) is 0 Å². The molecule has 0 aromatic rings. The zero-order valence-corrected chi connectivity index (χ0v) is 8.61. The molecule has 0 amide bonds. The highest BCUT2D eigenvalue weighted by Gasteiger charge is 2.46. The van der Waals surface area contributed by atoms with E-state index in [2.05, 4.69) is 24.8 Å². The summed E-state index contributed by atoms with van der Waals surface area (Å²) in [5, 5.41) is 27.0. The van der Waals surface area contributed by atoms with Gasteiger partial charge in [-0.2, -0.15) is 15.8 Å². The molecule has 0 saturated heterocycles. The van der Waals surface area contributed by atoms with E-state index in [0.29, 0.717) is 18.8 Å². The number of nitriles is 3. The van der Waals surface area contributed by atoms with Crippen LogP contribution in [0.15, 0.2) is 12.7 Å². The van der Waals surface area contributed by atoms with Gasteiger partial charge < -0.3 is 0 Å². The van der Waals surface area contributed by atoms with Crippen LogP contribution in [0, 0.1) is 51.2 Å². The summed E-state index contributed by atoms with van der Waals surface area (Å²) in [5.74, 6) is 0.263. The fourth-order valence-electron chi connectivity index (χ4n) is 2.00. The first-order valence-electron chi connectivity index (χ1n) is 5.04. The van der Waals surface area contributed by atoms with Crippen LogP contribution in [0.3, 0.4) is 0 Å². The smallest absolute Gasteiger partial charge is 0.151 e. The van der Waals surface area contributed by atoms with Crippen LogP contribution in [0.25, 0.3) is 0 Å². The zero-order valence-electron chi connectivity index (χ0n) is 8.61. The van der Waals surface area contributed by atoms with Crippen LogP contribution >= 0.6 is 0 Å². The molecule has 1 fully saturated rings. The van der Waals surface area contributed by atoms with Gasteiger partial charge in [0.05, 0.1) is 18.2 Å². The van der Waals surface area contributed by atoms with E-state index in [1.165, 1.54) is 0 Å². The molecule has 1 saturated carbocycles. The lowest BCUT2D eigenvalue weighted by molar-refractivity contribution is 0.286. The van der Waals surface area contributed by atoms with E-state index in [1.807, 2.05) is 0 Å². The van der Waals surface area contributed by atoms with Gasteiger partial charge in [0.15, 0.2) is 5.41 Å². The van der Waals surface area contributed by atoms with Gasteiger partial charge >= 0.3 is 0 Å². The molecule has 1 aliphatic rings. The van der Waals surface area contributed by atoms with Gasteiger partial charge in [-0.1, -0.05) is 6.08 Å². The lowest BCUT2D eigenvalue weighted by atomic mass is 9.71. The summed E-state index contributed by atoms with van der Waals surface area (Å²) in [6, 6.07) is 6.26. The fraction of sp³-hybridized carbons (Fsp3) is 0.583. The first kappa shape index (κ1) is 11.3. The fourth-order valence-corrected chi connectivity index (χ4v) is 2.00. The minimum absolute atomic E-state index is 0.115. The predicted molar refractivity (Wildman–Crippen MR) is 54.9 cm³/mol. The molecule has 0 aliphatic heterocycles. The summed E-state index contributed by atoms with van der Waals surface area (Å²) in [7, 11) is 0. The van der Waals surface area contributed by atoms with Crippen molar-refractivity contribution in [2.45, 2.75) is 25.7 Å². The highest BCUT2D eigenvalue weighted by atomic mass is 14.5. The monoisotopic (exact) mass is 199 g/mol. The quantitative estimate of drug-likeness (QED) is 0.639. The molecular formula is C12H13N3. The Bertz CT molecular complexity index is 346. The van der Waals surface area contributed by atoms with Crippen molar-refractivity contribution < 1.29 is 0 Å². The average molecular weight is 199 g/mol. The van der Waals surface area contributed by atoms with Gasteiger partial charge in [0.2, 0.25) is 0 Å². The summed E-state index contributed by atoms with van der Waals surface area (Å²) in [4.78, 5) is 0. The first-order valence-corrected chi connectivity index (χ1v) is 5.04. The molecular weight excluding hydrogens is 186 g/mol. The third-order valence-corrected chi connectivity index (χ3v) is 3.00. The van der Waals surface area contributed by atoms with Gasteiger partial charge in [-0.3, -0.25) is 0 Å². The SMILES string of the molecule is C=CCC(C#N)(C#N)C(CC#N)C1CC1. The van der Waals surface area contributed by atoms with Gasteiger partial charge in [-0.15, -0.1) is 6.58 Å². The van der Waals surface area contributed by atoms with Gasteiger partial charge in [0, 0.05) is 12.3 Å². The number of rotatable bonds is 5. The van der Waals surface area contributed by atoms with Crippen molar-refractivity contribution in [3.8, 4) is 18.2 Å². The Labute approximate surface area is 90.2 Å². The van der Waals surface area contributed by atoms with Crippen LogP contribution in [0.5, 0.6) is 0 Å². The third-order valence-electron chi connectivity index (χ3n) is 3.00. The largest absolute Gasteiger partial charge is 0.198 e. The van der Waals surface area contributed by atoms with Crippen LogP contribution in [-0.4, -0.2) is 0 Å². The summed E-state index contributed by atoms with van der Waals surface area (Å²) in [6.07, 6.45) is 4.31. The Morgan fingerprint density at radius 3 is 2.27 bits per heavy atom. The Hall–Kier alpha value is -1.79. The number of hydrogen-bond acceptors (Lipinski definition) is 3. The van der Waals surface area contributed by atoms with Crippen molar-refractivity contribution in [2.75, 3.05) is 0 Å². The van der Waals surface area contributed by atoms with E-state index < -0.39 is 5.41 Å². The maximum Gasteiger partial charge on any atom is 0.151 e. The zero-order chi connectivity index (χ0) is 11.3. The van der Waals surface area contributed by atoms with Crippen LogP contribution in [0.2, 0.25) is 0 Å². The molecule has 0 aromatic heterocycles. The Morgan fingerprint density at radius 1 is 1.33 bits per heavy atom. The molecule has 3 nitrogen and oxygen atoms in total. The molecule has 76 valence electrons. The predicted octanol–water partition coefficient (Wildman–Crippen LogP) is 2.54. The second-order valence-electron chi connectivity index (χ2n) is 3.99. The Balaban J connectivity index is 2.95. The number of hydrogen-bond donors (Lipinski definition) is 0. The Kier molecular flexibility index (Phi) is 3.48. The van der Waals surface area contributed by atoms with E-state index in [1.54, 1.807) is 6.08 Å². The van der Waals surface area contributed by atoms with Crippen molar-refractivity contribution in [1.82, 2.24) is 0 Å². The molecule has 1 atom stereocenters. The Morgan fingerprint density at radius 2 is 1.93 bits per heavy atom. The maximum atomic E-state index is 9.15. The molecule has 0 aromatic carbocycles. The van der Waals surface area contributed by atoms with Gasteiger partial charge in [-0.25, -0.2) is 0 Å². The minimum atomic E-state index is -1.04. The van der Waals surface area contributed by atoms with Crippen molar-refractivity contribution in [3.05, 3.63) is 12.7 Å². The normalized spacial score (nSPS) is 16.9. The summed E-state index contributed by atoms with van der Waals surface area (Å²) in [5.41, 5.74) is -1.04. The second kappa shape index (κ2) is 4.63. The van der Waals surface area contributed by atoms with Crippen molar-refractivity contribution in [2.24, 2.45) is 17.3 Å². The van der Waals surface area contributed by atoms with Crippen LogP contribution < -0.4 is 0 Å². The van der Waals surface area contributed by atoms with Crippen LogP contribution in [0.1, 0.15) is 25.7 Å². The molecule has 0 spiro atoms. The number of nitrogens with zero attached hydrogens (tertiary/aromatic N) is 3. The van der Waals surface area contributed by atoms with Gasteiger partial charge in [0.1, 0.15) is 0 Å². The maximum absolute atomic E-state index is 9.15. The molecule has 1 aliphatic carbocycles. The number of allylic oxidation sites excluding steroid dienone is 1. The van der Waals surface area contributed by atoms with E-state index in [0.717, 1.165) is 12.8 Å². The molecule has 15 heavy (non-hydrogen) atoms. The summed E-state index contributed by atoms with van der Waals surface area (Å²) < 4.78 is 0. The second-order valence-corrected chi connectivity index (χ2v) is 3.99. The van der Waals surface area contributed by atoms with Crippen molar-refractivity contribution in [1.29, 1.82) is 15.8 Å². The van der Waals surface area contributed by atoms with E-state index in [9.17, 15) is 0 Å². The lowest BCUT2D eigenvalue weighted by Crippen LogP contribution is -2.28. The molecule has 1 rings (SSSR count). The molecule has 0 heterocycles. The third kappa shape index (κ3) is 2.17. The topological polar surface area (TPSA) is 71.4 Å². The minimum Gasteiger partial charge on any atom is -0.198 e. The van der Waals surface area contributed by atoms with Gasteiger partial charge in [-0.05, 0) is 25.2 Å². The van der Waals surface area contributed by atoms with E-state index >= 15 is 0 Å². The molecule has 0 radical (unpaired) electrons. The lowest BCUT2D eigenvalue weighted by Gasteiger charge is -2.26. The molecule has 0 N–H and O–H groups in total. The van der Waals surface area contributed by atoms with Crippen LogP contribution in [0.4, 0.5) is 0 Å². The average Bonchev–Trinajstić information content (AvgIpc) is 3.07. The van der Waals surface area contributed by atoms with Crippen molar-refractivity contribution in [3.63, 3.8) is 0 Å². The highest BCUT2D eigenvalue weighted by Crippen LogP contribution is 2.48. The van der Waals surface area contributed by atoms with Crippen molar-refractivity contribution >= 4 is 0 Å². The molecule has 0 bridgehead atoms. The molecule has 3 heteroatoms. The van der Waals surface area contributed by atoms with E-state index in [-0.39, 0.29) is 5.92 Å². The summed E-state index contributed by atoms with van der Waals surface area (Å²) >= 11 is 0. The van der Waals surface area contributed by atoms with Crippen LogP contribution in [-0.2, 0) is 0 Å². The first-order chi connectivity index (χ1) is 7.24. The van der Waals surface area contributed by atoms with E-state index in [4.69, 9.17) is 15.8 Å². The summed E-state index contributed by atoms with van der Waals surface area (Å²) in [6.45, 7) is 3.58. The molecule has 1 unspecified atom stereocenters.